The summed E-state index contributed by atoms with van der Waals surface area (Å²) in [5.41, 5.74) is 7.43. The maximum Gasteiger partial charge on any atom is 0.0672 e. The van der Waals surface area contributed by atoms with Crippen molar-refractivity contribution in [3.63, 3.8) is 0 Å². The largest absolute Gasteiger partial charge is 0.0725 e. The molecule has 0 heteroatoms. The second-order valence-corrected chi connectivity index (χ2v) is 5.89. The average Bonchev–Trinajstić information content (AvgIpc) is 2.99. The molecule has 2 bridgehead atoms. The van der Waals surface area contributed by atoms with Crippen LogP contribution in [0.15, 0.2) is 83.5 Å². The first kappa shape index (κ1) is 11.7. The molecule has 20 heavy (non-hydrogen) atoms. The Hall–Kier alpha value is -2.08. The van der Waals surface area contributed by atoms with Gasteiger partial charge in [0.25, 0.3) is 0 Å². The Morgan fingerprint density at radius 2 is 1.30 bits per heavy atom. The molecule has 0 spiro atoms. The molecule has 2 aromatic rings. The summed E-state index contributed by atoms with van der Waals surface area (Å²) in [7, 11) is 0. The van der Waals surface area contributed by atoms with Crippen LogP contribution in [0.5, 0.6) is 0 Å². The molecule has 0 radical (unpaired) electrons. The van der Waals surface area contributed by atoms with Crippen molar-refractivity contribution in [1.29, 1.82) is 0 Å². The van der Waals surface area contributed by atoms with Crippen LogP contribution in [0.1, 0.15) is 25.0 Å². The van der Waals surface area contributed by atoms with Crippen LogP contribution in [0.2, 0.25) is 0 Å². The molecule has 0 fully saturated rings. The van der Waals surface area contributed by atoms with Gasteiger partial charge in [-0.1, -0.05) is 73.7 Å². The molecule has 3 aliphatic rings. The lowest BCUT2D eigenvalue weighted by Gasteiger charge is -2.46. The highest BCUT2D eigenvalue weighted by Crippen LogP contribution is 2.64. The molecule has 0 amide bonds. The first-order valence-electron chi connectivity index (χ1n) is 7.31. The summed E-state index contributed by atoms with van der Waals surface area (Å²) in [6.45, 7) is 4.59. The van der Waals surface area contributed by atoms with E-state index in [0.717, 1.165) is 0 Å². The number of benzene rings is 2. The normalized spacial score (nSPS) is 22.5. The molecule has 0 aliphatic heterocycles. The van der Waals surface area contributed by atoms with Gasteiger partial charge in [0.15, 0.2) is 0 Å². The van der Waals surface area contributed by atoms with Crippen molar-refractivity contribution in [2.24, 2.45) is 5.92 Å². The molecule has 0 nitrogen and oxygen atoms in total. The van der Waals surface area contributed by atoms with Gasteiger partial charge in [0.05, 0.1) is 5.41 Å². The Morgan fingerprint density at radius 1 is 0.800 bits per heavy atom. The molecule has 5 rings (SSSR count). The highest BCUT2D eigenvalue weighted by molar-refractivity contribution is 5.76. The van der Waals surface area contributed by atoms with Crippen LogP contribution < -0.4 is 0 Å². The molecule has 0 aromatic heterocycles. The van der Waals surface area contributed by atoms with Gasteiger partial charge in [-0.3, -0.25) is 0 Å². The summed E-state index contributed by atoms with van der Waals surface area (Å²) in [5.74, 6) is 0.561. The Morgan fingerprint density at radius 3 is 1.65 bits per heavy atom. The second-order valence-electron chi connectivity index (χ2n) is 5.89. The lowest BCUT2D eigenvalue weighted by Crippen LogP contribution is -2.39. The van der Waals surface area contributed by atoms with Gasteiger partial charge in [0.2, 0.25) is 0 Å². The Balaban J connectivity index is 2.02. The Bertz CT molecular complexity index is 678. The van der Waals surface area contributed by atoms with E-state index in [1.807, 2.05) is 0 Å². The molecule has 98 valence electrons. The van der Waals surface area contributed by atoms with Gasteiger partial charge < -0.3 is 0 Å². The predicted molar refractivity (Wildman–Crippen MR) is 83.6 cm³/mol. The lowest BCUT2D eigenvalue weighted by molar-refractivity contribution is 0.626. The molecule has 0 N–H and O–H groups in total. The van der Waals surface area contributed by atoms with Crippen LogP contribution >= 0.6 is 0 Å². The van der Waals surface area contributed by atoms with E-state index in [4.69, 9.17) is 0 Å². The molecular weight excluding hydrogens is 240 g/mol. The fraction of sp³-hybridized carbons (Fsp3) is 0.200. The smallest absolute Gasteiger partial charge is 0.0672 e. The molecule has 0 saturated carbocycles. The Labute approximate surface area is 120 Å². The zero-order chi connectivity index (χ0) is 13.7. The van der Waals surface area contributed by atoms with Crippen molar-refractivity contribution < 1.29 is 0 Å². The summed E-state index contributed by atoms with van der Waals surface area (Å²) < 4.78 is 0. The van der Waals surface area contributed by atoms with E-state index in [2.05, 4.69) is 80.6 Å². The molecule has 0 saturated heterocycles. The van der Waals surface area contributed by atoms with Gasteiger partial charge in [-0.15, -0.1) is 0 Å². The fourth-order valence-electron chi connectivity index (χ4n) is 4.22. The van der Waals surface area contributed by atoms with Gasteiger partial charge in [-0.25, -0.2) is 0 Å². The number of rotatable bonds is 2. The summed E-state index contributed by atoms with van der Waals surface area (Å²) in [6, 6.07) is 21.9. The topological polar surface area (TPSA) is 0 Å². The standard InChI is InChI=1S/C20H18/c1-14-13-18-15(2)19(14)20(18,16-9-5-3-6-10-16)17-11-7-4-8-12-17/h3-14H,1-2H3. The average molecular weight is 258 g/mol. The molecule has 0 heterocycles. The SMILES string of the molecule is CC1=C2C(C)C=C1C2(c1ccccc1)c1ccccc1. The predicted octanol–water partition coefficient (Wildman–Crippen LogP) is 4.88. The minimum Gasteiger partial charge on any atom is -0.0725 e. The zero-order valence-corrected chi connectivity index (χ0v) is 11.9. The van der Waals surface area contributed by atoms with Crippen LogP contribution in [-0.2, 0) is 5.41 Å². The number of allylic oxidation sites excluding steroid dienone is 4. The number of hydrogen-bond donors (Lipinski definition) is 0. The summed E-state index contributed by atoms with van der Waals surface area (Å²) in [5, 5.41) is 0. The van der Waals surface area contributed by atoms with Crippen LogP contribution in [0.3, 0.4) is 0 Å². The number of hydrogen-bond acceptors (Lipinski definition) is 0. The van der Waals surface area contributed by atoms with Crippen LogP contribution in [0.4, 0.5) is 0 Å². The van der Waals surface area contributed by atoms with Gasteiger partial charge >= 0.3 is 0 Å². The van der Waals surface area contributed by atoms with E-state index >= 15 is 0 Å². The van der Waals surface area contributed by atoms with Crippen molar-refractivity contribution in [1.82, 2.24) is 0 Å². The van der Waals surface area contributed by atoms with E-state index in [-0.39, 0.29) is 5.41 Å². The third-order valence-electron chi connectivity index (χ3n) is 4.90. The van der Waals surface area contributed by atoms with Crippen molar-refractivity contribution in [2.45, 2.75) is 19.3 Å². The molecule has 1 atom stereocenters. The van der Waals surface area contributed by atoms with E-state index in [1.165, 1.54) is 22.3 Å². The molecular formula is C20H18. The van der Waals surface area contributed by atoms with E-state index in [0.29, 0.717) is 5.92 Å². The summed E-state index contributed by atoms with van der Waals surface area (Å²) in [6.07, 6.45) is 2.45. The third kappa shape index (κ3) is 1.22. The molecule has 1 unspecified atom stereocenters. The van der Waals surface area contributed by atoms with E-state index in [1.54, 1.807) is 5.57 Å². The summed E-state index contributed by atoms with van der Waals surface area (Å²) >= 11 is 0. The first-order valence-corrected chi connectivity index (χ1v) is 7.31. The van der Waals surface area contributed by atoms with Crippen molar-refractivity contribution >= 4 is 0 Å². The second kappa shape index (κ2) is 3.96. The van der Waals surface area contributed by atoms with Crippen molar-refractivity contribution in [3.8, 4) is 0 Å². The van der Waals surface area contributed by atoms with Crippen molar-refractivity contribution in [3.05, 3.63) is 94.6 Å². The molecule has 2 aromatic carbocycles. The van der Waals surface area contributed by atoms with Gasteiger partial charge in [-0.2, -0.15) is 0 Å². The third-order valence-corrected chi connectivity index (χ3v) is 4.90. The Kier molecular flexibility index (Phi) is 2.32. The monoisotopic (exact) mass is 258 g/mol. The maximum atomic E-state index is 2.45. The quantitative estimate of drug-likeness (QED) is 0.720. The first-order chi connectivity index (χ1) is 9.76. The highest BCUT2D eigenvalue weighted by Gasteiger charge is 2.55. The lowest BCUT2D eigenvalue weighted by atomic mass is 9.56. The molecule has 3 aliphatic carbocycles. The van der Waals surface area contributed by atoms with E-state index < -0.39 is 0 Å². The van der Waals surface area contributed by atoms with Crippen LogP contribution in [0.25, 0.3) is 0 Å². The maximum absolute atomic E-state index is 2.45. The minimum atomic E-state index is 0.0199. The zero-order valence-electron chi connectivity index (χ0n) is 11.9. The van der Waals surface area contributed by atoms with Gasteiger partial charge in [-0.05, 0) is 40.7 Å². The van der Waals surface area contributed by atoms with E-state index in [9.17, 15) is 0 Å². The number of fused-ring (bicyclic) bond motifs is 1. The van der Waals surface area contributed by atoms with Gasteiger partial charge in [0, 0.05) is 0 Å². The minimum absolute atomic E-state index is 0.0199. The highest BCUT2D eigenvalue weighted by atomic mass is 14.6. The van der Waals surface area contributed by atoms with Crippen LogP contribution in [0, 0.1) is 5.92 Å². The van der Waals surface area contributed by atoms with Crippen molar-refractivity contribution in [2.75, 3.05) is 0 Å². The van der Waals surface area contributed by atoms with Crippen LogP contribution in [-0.4, -0.2) is 0 Å². The van der Waals surface area contributed by atoms with Gasteiger partial charge in [0.1, 0.15) is 0 Å². The summed E-state index contributed by atoms with van der Waals surface area (Å²) in [4.78, 5) is 0. The fourth-order valence-corrected chi connectivity index (χ4v) is 4.22.